The van der Waals surface area contributed by atoms with Crippen LogP contribution < -0.4 is 10.7 Å². The maximum Gasteiger partial charge on any atom is 0.327 e. The van der Waals surface area contributed by atoms with Gasteiger partial charge in [0, 0.05) is 11.8 Å². The number of thioether (sulfide) groups is 1. The summed E-state index contributed by atoms with van der Waals surface area (Å²) in [7, 11) is 0. The number of nitrogens with one attached hydrogen (secondary N) is 1. The van der Waals surface area contributed by atoms with Crippen LogP contribution in [0, 0.1) is 0 Å². The van der Waals surface area contributed by atoms with Gasteiger partial charge in [-0.15, -0.1) is 0 Å². The molecule has 0 aliphatic carbocycles. The minimum absolute atomic E-state index is 0.138. The number of carbonyl (C=O) groups is 2. The zero-order valence-electron chi connectivity index (χ0n) is 9.16. The second-order valence-corrected chi connectivity index (χ2v) is 4.32. The van der Waals surface area contributed by atoms with Gasteiger partial charge in [-0.05, 0) is 0 Å². The Kier molecular flexibility index (Phi) is 5.25. The van der Waals surface area contributed by atoms with Gasteiger partial charge in [0.05, 0.1) is 5.75 Å². The molecule has 0 aliphatic rings. The molecular formula is C10H11NO6S. The second-order valence-electron chi connectivity index (χ2n) is 3.29. The van der Waals surface area contributed by atoms with Gasteiger partial charge >= 0.3 is 5.97 Å². The van der Waals surface area contributed by atoms with E-state index in [0.717, 1.165) is 12.3 Å². The van der Waals surface area contributed by atoms with Gasteiger partial charge in [0.1, 0.15) is 18.1 Å². The number of aromatic hydroxyl groups is 1. The lowest BCUT2D eigenvalue weighted by molar-refractivity contribution is -0.139. The largest absolute Gasteiger partial charge is 0.502 e. The summed E-state index contributed by atoms with van der Waals surface area (Å²) in [4.78, 5) is 31.9. The van der Waals surface area contributed by atoms with Crippen molar-refractivity contribution in [2.45, 2.75) is 11.8 Å². The van der Waals surface area contributed by atoms with E-state index in [4.69, 9.17) is 14.6 Å². The van der Waals surface area contributed by atoms with Gasteiger partial charge in [-0.1, -0.05) is 0 Å². The molecule has 0 saturated heterocycles. The molecule has 1 atom stereocenters. The molecule has 1 rings (SSSR count). The van der Waals surface area contributed by atoms with Crippen LogP contribution in [-0.2, 0) is 15.3 Å². The number of amides is 1. The SMILES string of the molecule is O=CNC(CSCc1cc(=O)c(O)co1)C(=O)O. The highest BCUT2D eigenvalue weighted by atomic mass is 32.2. The molecule has 1 amide bonds. The van der Waals surface area contributed by atoms with Gasteiger partial charge in [-0.25, -0.2) is 4.79 Å². The molecule has 1 unspecified atom stereocenters. The van der Waals surface area contributed by atoms with E-state index in [-0.39, 0.29) is 11.5 Å². The zero-order chi connectivity index (χ0) is 13.5. The Labute approximate surface area is 106 Å². The molecule has 0 saturated carbocycles. The molecule has 98 valence electrons. The van der Waals surface area contributed by atoms with Gasteiger partial charge in [0.15, 0.2) is 5.75 Å². The van der Waals surface area contributed by atoms with E-state index in [0.29, 0.717) is 12.2 Å². The minimum atomic E-state index is -1.14. The fourth-order valence-electron chi connectivity index (χ4n) is 1.07. The Morgan fingerprint density at radius 3 is 2.89 bits per heavy atom. The third-order valence-corrected chi connectivity index (χ3v) is 3.02. The molecule has 1 aromatic rings. The topological polar surface area (TPSA) is 117 Å². The fraction of sp³-hybridized carbons (Fsp3) is 0.300. The Bertz CT molecular complexity index is 486. The first-order valence-corrected chi connectivity index (χ1v) is 6.01. The van der Waals surface area contributed by atoms with Crippen molar-refractivity contribution in [3.05, 3.63) is 28.3 Å². The summed E-state index contributed by atoms with van der Waals surface area (Å²) in [5.74, 6) is -0.895. The molecule has 0 fully saturated rings. The summed E-state index contributed by atoms with van der Waals surface area (Å²) in [5.41, 5.74) is -0.558. The van der Waals surface area contributed by atoms with Crippen molar-refractivity contribution in [3.63, 3.8) is 0 Å². The molecule has 18 heavy (non-hydrogen) atoms. The monoisotopic (exact) mass is 273 g/mol. The van der Waals surface area contributed by atoms with Crippen LogP contribution in [0.15, 0.2) is 21.5 Å². The molecular weight excluding hydrogens is 262 g/mol. The maximum atomic E-state index is 11.1. The first-order valence-electron chi connectivity index (χ1n) is 4.85. The number of rotatable bonds is 7. The highest BCUT2D eigenvalue weighted by molar-refractivity contribution is 7.98. The molecule has 0 radical (unpaired) electrons. The highest BCUT2D eigenvalue weighted by Gasteiger charge is 2.16. The predicted molar refractivity (Wildman–Crippen MR) is 63.4 cm³/mol. The van der Waals surface area contributed by atoms with E-state index >= 15 is 0 Å². The molecule has 0 aromatic carbocycles. The average molecular weight is 273 g/mol. The smallest absolute Gasteiger partial charge is 0.327 e. The molecule has 3 N–H and O–H groups in total. The molecule has 7 nitrogen and oxygen atoms in total. The Morgan fingerprint density at radius 2 is 2.33 bits per heavy atom. The quantitative estimate of drug-likeness (QED) is 0.588. The zero-order valence-corrected chi connectivity index (χ0v) is 9.98. The van der Waals surface area contributed by atoms with Crippen molar-refractivity contribution >= 4 is 24.1 Å². The van der Waals surface area contributed by atoms with Gasteiger partial charge in [0.2, 0.25) is 11.8 Å². The first kappa shape index (κ1) is 14.1. The number of carboxylic acid groups (broad SMARTS) is 1. The van der Waals surface area contributed by atoms with Crippen molar-refractivity contribution in [1.29, 1.82) is 0 Å². The number of hydrogen-bond donors (Lipinski definition) is 3. The van der Waals surface area contributed by atoms with Gasteiger partial charge in [-0.3, -0.25) is 9.59 Å². The summed E-state index contributed by atoms with van der Waals surface area (Å²) in [6.07, 6.45) is 1.25. The Balaban J connectivity index is 2.49. The van der Waals surface area contributed by atoms with Crippen LogP contribution in [0.2, 0.25) is 0 Å². The maximum absolute atomic E-state index is 11.1. The normalized spacial score (nSPS) is 11.8. The number of carboxylic acids is 1. The standard InChI is InChI=1S/C10H11NO6S/c12-5-11-7(10(15)16)4-18-3-6-1-8(13)9(14)2-17-6/h1-2,5,7,14H,3-4H2,(H,11,12)(H,15,16). The van der Waals surface area contributed by atoms with E-state index in [2.05, 4.69) is 5.32 Å². The predicted octanol–water partition coefficient (Wildman–Crippen LogP) is -0.222. The summed E-state index contributed by atoms with van der Waals surface area (Å²) in [6, 6.07) is 0.141. The van der Waals surface area contributed by atoms with E-state index in [1.165, 1.54) is 11.8 Å². The van der Waals surface area contributed by atoms with Crippen LogP contribution in [0.1, 0.15) is 5.76 Å². The highest BCUT2D eigenvalue weighted by Crippen LogP contribution is 2.13. The molecule has 0 spiro atoms. The third-order valence-electron chi connectivity index (χ3n) is 1.96. The van der Waals surface area contributed by atoms with Gasteiger partial charge in [0.25, 0.3) is 0 Å². The molecule has 1 heterocycles. The Hall–Kier alpha value is -1.96. The van der Waals surface area contributed by atoms with Crippen LogP contribution in [0.4, 0.5) is 0 Å². The summed E-state index contributed by atoms with van der Waals surface area (Å²) >= 11 is 1.18. The van der Waals surface area contributed by atoms with E-state index < -0.39 is 23.2 Å². The van der Waals surface area contributed by atoms with Crippen LogP contribution in [0.3, 0.4) is 0 Å². The van der Waals surface area contributed by atoms with Gasteiger partial charge in [-0.2, -0.15) is 11.8 Å². The lowest BCUT2D eigenvalue weighted by Crippen LogP contribution is -2.37. The van der Waals surface area contributed by atoms with E-state index in [1.54, 1.807) is 0 Å². The number of carbonyl (C=O) groups excluding carboxylic acids is 1. The van der Waals surface area contributed by atoms with Crippen LogP contribution in [0.5, 0.6) is 5.75 Å². The first-order chi connectivity index (χ1) is 8.54. The number of aliphatic carboxylic acids is 1. The lowest BCUT2D eigenvalue weighted by atomic mass is 10.3. The van der Waals surface area contributed by atoms with Crippen molar-refractivity contribution in [3.8, 4) is 5.75 Å². The second kappa shape index (κ2) is 6.70. The lowest BCUT2D eigenvalue weighted by Gasteiger charge is -2.09. The van der Waals surface area contributed by atoms with Crippen molar-refractivity contribution < 1.29 is 24.2 Å². The van der Waals surface area contributed by atoms with Crippen molar-refractivity contribution in [2.24, 2.45) is 0 Å². The van der Waals surface area contributed by atoms with Crippen LogP contribution in [-0.4, -0.2) is 34.4 Å². The van der Waals surface area contributed by atoms with Gasteiger partial charge < -0.3 is 19.9 Å². The summed E-state index contributed by atoms with van der Waals surface area (Å²) < 4.78 is 4.93. The summed E-state index contributed by atoms with van der Waals surface area (Å²) in [5, 5.41) is 19.9. The molecule has 0 bridgehead atoms. The summed E-state index contributed by atoms with van der Waals surface area (Å²) in [6.45, 7) is 0. The van der Waals surface area contributed by atoms with Crippen molar-refractivity contribution in [2.75, 3.05) is 5.75 Å². The van der Waals surface area contributed by atoms with Crippen LogP contribution >= 0.6 is 11.8 Å². The van der Waals surface area contributed by atoms with Crippen LogP contribution in [0.25, 0.3) is 0 Å². The molecule has 8 heteroatoms. The molecule has 0 aliphatic heterocycles. The fourth-order valence-corrected chi connectivity index (χ4v) is 2.01. The third kappa shape index (κ3) is 4.13. The number of hydrogen-bond acceptors (Lipinski definition) is 6. The Morgan fingerprint density at radius 1 is 1.61 bits per heavy atom. The average Bonchev–Trinajstić information content (AvgIpc) is 2.32. The van der Waals surface area contributed by atoms with E-state index in [9.17, 15) is 14.4 Å². The molecule has 1 aromatic heterocycles. The minimum Gasteiger partial charge on any atom is -0.502 e. The van der Waals surface area contributed by atoms with Crippen molar-refractivity contribution in [1.82, 2.24) is 5.32 Å². The van der Waals surface area contributed by atoms with E-state index in [1.807, 2.05) is 0 Å².